The first-order valence-electron chi connectivity index (χ1n) is 9.99. The van der Waals surface area contributed by atoms with E-state index in [1.165, 1.54) is 0 Å². The number of benzene rings is 2. The predicted octanol–water partition coefficient (Wildman–Crippen LogP) is 3.07. The minimum atomic E-state index is -0.900. The Bertz CT molecular complexity index is 851. The Hall–Kier alpha value is -2.86. The average Bonchev–Trinajstić information content (AvgIpc) is 3.53. The second kappa shape index (κ2) is 8.66. The van der Waals surface area contributed by atoms with Gasteiger partial charge in [0.25, 0.3) is 0 Å². The zero-order valence-electron chi connectivity index (χ0n) is 16.2. The lowest BCUT2D eigenvalue weighted by molar-refractivity contribution is -0.148. The summed E-state index contributed by atoms with van der Waals surface area (Å²) in [5.41, 5.74) is 2.27. The Morgan fingerprint density at radius 3 is 2.59 bits per heavy atom. The smallest absolute Gasteiger partial charge is 0.306 e. The fourth-order valence-corrected chi connectivity index (χ4v) is 3.86. The van der Waals surface area contributed by atoms with E-state index in [0.29, 0.717) is 26.3 Å². The minimum Gasteiger partial charge on any atom is -0.489 e. The van der Waals surface area contributed by atoms with Gasteiger partial charge in [-0.25, -0.2) is 0 Å². The van der Waals surface area contributed by atoms with Crippen molar-refractivity contribution >= 4 is 11.9 Å². The van der Waals surface area contributed by atoms with Crippen LogP contribution in [0.15, 0.2) is 54.6 Å². The molecule has 0 unspecified atom stereocenters. The van der Waals surface area contributed by atoms with Crippen LogP contribution in [0.4, 0.5) is 0 Å². The van der Waals surface area contributed by atoms with Gasteiger partial charge < -0.3 is 19.5 Å². The number of hydrogen-bond donors (Lipinski definition) is 1. The maximum atomic E-state index is 12.8. The summed E-state index contributed by atoms with van der Waals surface area (Å²) in [4.78, 5) is 25.5. The van der Waals surface area contributed by atoms with Crippen molar-refractivity contribution in [2.75, 3.05) is 19.7 Å². The molecule has 2 aliphatic rings. The Labute approximate surface area is 170 Å². The summed E-state index contributed by atoms with van der Waals surface area (Å²) in [6, 6.07) is 18.0. The van der Waals surface area contributed by atoms with Crippen molar-refractivity contribution < 1.29 is 24.2 Å². The van der Waals surface area contributed by atoms with Gasteiger partial charge in [-0.3, -0.25) is 9.59 Å². The van der Waals surface area contributed by atoms with Crippen LogP contribution in [0.5, 0.6) is 5.75 Å². The van der Waals surface area contributed by atoms with Crippen molar-refractivity contribution in [2.24, 2.45) is 5.92 Å². The molecular formula is C23H25NO5. The molecule has 0 spiro atoms. The van der Waals surface area contributed by atoms with E-state index in [0.717, 1.165) is 23.3 Å². The monoisotopic (exact) mass is 395 g/mol. The number of rotatable bonds is 7. The van der Waals surface area contributed by atoms with Crippen molar-refractivity contribution in [3.8, 4) is 5.75 Å². The molecule has 1 aliphatic heterocycles. The highest BCUT2D eigenvalue weighted by atomic mass is 16.5. The van der Waals surface area contributed by atoms with E-state index in [4.69, 9.17) is 14.6 Å². The van der Waals surface area contributed by atoms with Crippen LogP contribution >= 0.6 is 0 Å². The standard InChI is InChI=1S/C23H25NO5/c25-22(26)12-19-14-24(10-11-28-19)23(27)21-13-20(21)17-6-8-18(9-7-17)29-15-16-4-2-1-3-5-16/h1-9,19-21H,10-15H2,(H,25,26)/t19-,20-,21-/m1/s1. The SMILES string of the molecule is O=C(O)C[C@@H]1CN(C(=O)[C@@H]2C[C@@H]2c2ccc(OCc3ccccc3)cc2)CCO1. The van der Waals surface area contributed by atoms with Gasteiger partial charge in [0.15, 0.2) is 0 Å². The summed E-state index contributed by atoms with van der Waals surface area (Å²) in [5.74, 6) is 0.230. The average molecular weight is 395 g/mol. The van der Waals surface area contributed by atoms with Crippen LogP contribution in [0.2, 0.25) is 0 Å². The van der Waals surface area contributed by atoms with E-state index < -0.39 is 12.1 Å². The first-order chi connectivity index (χ1) is 14.1. The molecule has 3 atom stereocenters. The number of ether oxygens (including phenoxy) is 2. The predicted molar refractivity (Wildman–Crippen MR) is 107 cm³/mol. The molecule has 2 aromatic carbocycles. The van der Waals surface area contributed by atoms with Crippen molar-refractivity contribution in [3.05, 3.63) is 65.7 Å². The highest BCUT2D eigenvalue weighted by Crippen LogP contribution is 2.48. The van der Waals surface area contributed by atoms with Crippen molar-refractivity contribution in [3.63, 3.8) is 0 Å². The van der Waals surface area contributed by atoms with Crippen LogP contribution in [0.3, 0.4) is 0 Å². The molecule has 4 rings (SSSR count). The van der Waals surface area contributed by atoms with Crippen molar-refractivity contribution in [1.29, 1.82) is 0 Å². The van der Waals surface area contributed by atoms with E-state index in [2.05, 4.69) is 0 Å². The molecule has 2 fully saturated rings. The third-order valence-corrected chi connectivity index (χ3v) is 5.52. The topological polar surface area (TPSA) is 76.1 Å². The fourth-order valence-electron chi connectivity index (χ4n) is 3.86. The molecule has 0 aromatic heterocycles. The molecule has 1 heterocycles. The van der Waals surface area contributed by atoms with Crippen LogP contribution in [-0.4, -0.2) is 47.7 Å². The molecule has 6 heteroatoms. The zero-order valence-corrected chi connectivity index (χ0v) is 16.2. The number of carbonyl (C=O) groups excluding carboxylic acids is 1. The van der Waals surface area contributed by atoms with E-state index in [1.807, 2.05) is 54.6 Å². The van der Waals surface area contributed by atoms with Crippen LogP contribution in [0.1, 0.15) is 29.9 Å². The summed E-state index contributed by atoms with van der Waals surface area (Å²) >= 11 is 0. The number of carbonyl (C=O) groups is 2. The largest absolute Gasteiger partial charge is 0.489 e. The molecule has 1 amide bonds. The van der Waals surface area contributed by atoms with Crippen molar-refractivity contribution in [2.45, 2.75) is 31.5 Å². The number of carboxylic acids is 1. The maximum Gasteiger partial charge on any atom is 0.306 e. The lowest BCUT2D eigenvalue weighted by atomic mass is 10.1. The first-order valence-corrected chi connectivity index (χ1v) is 9.99. The zero-order chi connectivity index (χ0) is 20.2. The Morgan fingerprint density at radius 2 is 1.86 bits per heavy atom. The lowest BCUT2D eigenvalue weighted by Gasteiger charge is -2.32. The number of carboxylic acid groups (broad SMARTS) is 1. The molecular weight excluding hydrogens is 370 g/mol. The molecule has 1 saturated heterocycles. The number of amides is 1. The fraction of sp³-hybridized carbons (Fsp3) is 0.391. The summed E-state index contributed by atoms with van der Waals surface area (Å²) in [6.07, 6.45) is 0.357. The molecule has 1 saturated carbocycles. The van der Waals surface area contributed by atoms with E-state index in [9.17, 15) is 9.59 Å². The molecule has 0 bridgehead atoms. The van der Waals surface area contributed by atoms with Gasteiger partial charge >= 0.3 is 5.97 Å². The molecule has 29 heavy (non-hydrogen) atoms. The lowest BCUT2D eigenvalue weighted by Crippen LogP contribution is -2.47. The molecule has 152 valence electrons. The molecule has 1 N–H and O–H groups in total. The highest BCUT2D eigenvalue weighted by molar-refractivity contribution is 5.83. The van der Waals surface area contributed by atoms with Gasteiger partial charge in [-0.05, 0) is 35.6 Å². The summed E-state index contributed by atoms with van der Waals surface area (Å²) < 4.78 is 11.3. The van der Waals surface area contributed by atoms with Gasteiger partial charge in [0, 0.05) is 19.0 Å². The van der Waals surface area contributed by atoms with E-state index in [-0.39, 0.29) is 24.2 Å². The van der Waals surface area contributed by atoms with Crippen LogP contribution in [-0.2, 0) is 20.9 Å². The molecule has 0 radical (unpaired) electrons. The first kappa shape index (κ1) is 19.5. The van der Waals surface area contributed by atoms with Gasteiger partial charge in [0.05, 0.1) is 19.1 Å². The number of morpholine rings is 1. The quantitative estimate of drug-likeness (QED) is 0.780. The van der Waals surface area contributed by atoms with Gasteiger partial charge in [-0.1, -0.05) is 42.5 Å². The van der Waals surface area contributed by atoms with Crippen LogP contribution in [0.25, 0.3) is 0 Å². The van der Waals surface area contributed by atoms with Gasteiger partial charge in [-0.15, -0.1) is 0 Å². The second-order valence-corrected chi connectivity index (χ2v) is 7.67. The number of hydrogen-bond acceptors (Lipinski definition) is 4. The van der Waals surface area contributed by atoms with Crippen molar-refractivity contribution in [1.82, 2.24) is 4.90 Å². The molecule has 6 nitrogen and oxygen atoms in total. The van der Waals surface area contributed by atoms with E-state index in [1.54, 1.807) is 4.90 Å². The van der Waals surface area contributed by atoms with Crippen LogP contribution in [0, 0.1) is 5.92 Å². The summed E-state index contributed by atoms with van der Waals surface area (Å²) in [7, 11) is 0. The Morgan fingerprint density at radius 1 is 1.10 bits per heavy atom. The molecule has 1 aliphatic carbocycles. The van der Waals surface area contributed by atoms with E-state index >= 15 is 0 Å². The third-order valence-electron chi connectivity index (χ3n) is 5.52. The van der Waals surface area contributed by atoms with Crippen LogP contribution < -0.4 is 4.74 Å². The maximum absolute atomic E-state index is 12.8. The van der Waals surface area contributed by atoms with Gasteiger partial charge in [0.2, 0.25) is 5.91 Å². The molecule has 2 aromatic rings. The normalized spacial score (nSPS) is 23.4. The Balaban J connectivity index is 1.29. The third kappa shape index (κ3) is 4.95. The minimum absolute atomic E-state index is 0.0188. The number of aliphatic carboxylic acids is 1. The van der Waals surface area contributed by atoms with Gasteiger partial charge in [-0.2, -0.15) is 0 Å². The second-order valence-electron chi connectivity index (χ2n) is 7.67. The Kier molecular flexibility index (Phi) is 5.81. The number of nitrogens with zero attached hydrogens (tertiary/aromatic N) is 1. The summed E-state index contributed by atoms with van der Waals surface area (Å²) in [6.45, 7) is 1.82. The highest BCUT2D eigenvalue weighted by Gasteiger charge is 2.46. The summed E-state index contributed by atoms with van der Waals surface area (Å²) in [5, 5.41) is 8.93. The van der Waals surface area contributed by atoms with Gasteiger partial charge in [0.1, 0.15) is 12.4 Å².